The van der Waals surface area contributed by atoms with Crippen molar-refractivity contribution in [3.63, 3.8) is 0 Å². The molecule has 1 fully saturated rings. The van der Waals surface area contributed by atoms with Gasteiger partial charge in [-0.15, -0.1) is 0 Å². The topological polar surface area (TPSA) is 51.2 Å². The summed E-state index contributed by atoms with van der Waals surface area (Å²) in [6.07, 6.45) is -0.237. The van der Waals surface area contributed by atoms with Crippen molar-refractivity contribution in [2.75, 3.05) is 51.4 Å². The number of ether oxygens (including phenoxy) is 3. The second-order valence-electron chi connectivity index (χ2n) is 6.79. The predicted octanol–water partition coefficient (Wildman–Crippen LogP) is 2.77. The number of carbonyl (C=O) groups excluding carboxylic acids is 1. The van der Waals surface area contributed by atoms with E-state index in [-0.39, 0.29) is 6.09 Å². The minimum Gasteiger partial charge on any atom is -0.491 e. The van der Waals surface area contributed by atoms with Crippen molar-refractivity contribution >= 4 is 11.8 Å². The van der Waals surface area contributed by atoms with Crippen LogP contribution in [0.15, 0.2) is 24.3 Å². The fourth-order valence-corrected chi connectivity index (χ4v) is 2.49. The van der Waals surface area contributed by atoms with E-state index in [1.165, 1.54) is 0 Å². The van der Waals surface area contributed by atoms with Crippen LogP contribution in [0.5, 0.6) is 5.75 Å². The zero-order valence-corrected chi connectivity index (χ0v) is 15.1. The highest BCUT2D eigenvalue weighted by Crippen LogP contribution is 2.23. The van der Waals surface area contributed by atoms with Crippen LogP contribution >= 0.6 is 0 Å². The highest BCUT2D eigenvalue weighted by molar-refractivity contribution is 5.68. The molecule has 24 heavy (non-hydrogen) atoms. The SMILES string of the molecule is COCCOc1cccc(N2CCN(C(=O)OC(C)(C)C)CC2)c1. The van der Waals surface area contributed by atoms with Crippen molar-refractivity contribution in [2.24, 2.45) is 0 Å². The highest BCUT2D eigenvalue weighted by Gasteiger charge is 2.25. The van der Waals surface area contributed by atoms with Crippen LogP contribution in [0, 0.1) is 0 Å². The molecule has 0 unspecified atom stereocenters. The van der Waals surface area contributed by atoms with E-state index in [2.05, 4.69) is 11.0 Å². The number of hydrogen-bond acceptors (Lipinski definition) is 5. The van der Waals surface area contributed by atoms with Gasteiger partial charge in [0, 0.05) is 45.0 Å². The highest BCUT2D eigenvalue weighted by atomic mass is 16.6. The van der Waals surface area contributed by atoms with Crippen LogP contribution in [-0.2, 0) is 9.47 Å². The molecule has 1 aliphatic rings. The first kappa shape index (κ1) is 18.4. The van der Waals surface area contributed by atoms with E-state index < -0.39 is 5.60 Å². The summed E-state index contributed by atoms with van der Waals surface area (Å²) in [6, 6.07) is 8.01. The molecule has 0 N–H and O–H groups in total. The Kier molecular flexibility index (Phi) is 6.31. The van der Waals surface area contributed by atoms with Crippen molar-refractivity contribution in [1.29, 1.82) is 0 Å². The van der Waals surface area contributed by atoms with Crippen LogP contribution in [0.3, 0.4) is 0 Å². The van der Waals surface area contributed by atoms with Gasteiger partial charge in [-0.3, -0.25) is 0 Å². The van der Waals surface area contributed by atoms with Gasteiger partial charge in [0.1, 0.15) is 18.0 Å². The number of nitrogens with zero attached hydrogens (tertiary/aromatic N) is 2. The Balaban J connectivity index is 1.88. The normalized spacial score (nSPS) is 15.3. The second-order valence-corrected chi connectivity index (χ2v) is 6.79. The molecule has 0 bridgehead atoms. The third kappa shape index (κ3) is 5.60. The van der Waals surface area contributed by atoms with E-state index in [9.17, 15) is 4.79 Å². The number of piperazine rings is 1. The molecule has 2 rings (SSSR count). The van der Waals surface area contributed by atoms with Crippen LogP contribution in [0.2, 0.25) is 0 Å². The smallest absolute Gasteiger partial charge is 0.410 e. The van der Waals surface area contributed by atoms with Crippen LogP contribution in [0.4, 0.5) is 10.5 Å². The summed E-state index contributed by atoms with van der Waals surface area (Å²) in [5.74, 6) is 0.833. The third-order valence-electron chi connectivity index (χ3n) is 3.67. The van der Waals surface area contributed by atoms with Crippen LogP contribution in [0.25, 0.3) is 0 Å². The van der Waals surface area contributed by atoms with Gasteiger partial charge in [0.25, 0.3) is 0 Å². The minimum absolute atomic E-state index is 0.237. The molecule has 0 saturated carbocycles. The molecule has 0 aliphatic carbocycles. The van der Waals surface area contributed by atoms with Gasteiger partial charge in [0.05, 0.1) is 6.61 Å². The quantitative estimate of drug-likeness (QED) is 0.774. The van der Waals surface area contributed by atoms with Crippen LogP contribution < -0.4 is 9.64 Å². The first-order valence-electron chi connectivity index (χ1n) is 8.34. The van der Waals surface area contributed by atoms with Gasteiger partial charge in [-0.1, -0.05) is 6.07 Å². The zero-order valence-electron chi connectivity index (χ0n) is 15.1. The summed E-state index contributed by atoms with van der Waals surface area (Å²) in [7, 11) is 1.66. The van der Waals surface area contributed by atoms with Gasteiger partial charge in [-0.2, -0.15) is 0 Å². The number of benzene rings is 1. The van der Waals surface area contributed by atoms with E-state index >= 15 is 0 Å². The zero-order chi connectivity index (χ0) is 17.6. The number of carbonyl (C=O) groups is 1. The van der Waals surface area contributed by atoms with E-state index in [1.807, 2.05) is 39.0 Å². The minimum atomic E-state index is -0.456. The van der Waals surface area contributed by atoms with E-state index in [4.69, 9.17) is 14.2 Å². The number of methoxy groups -OCH3 is 1. The number of amides is 1. The molecule has 134 valence electrons. The van der Waals surface area contributed by atoms with Gasteiger partial charge < -0.3 is 24.0 Å². The molecule has 0 radical (unpaired) electrons. The van der Waals surface area contributed by atoms with Gasteiger partial charge >= 0.3 is 6.09 Å². The molecular weight excluding hydrogens is 308 g/mol. The Morgan fingerprint density at radius 3 is 2.46 bits per heavy atom. The van der Waals surface area contributed by atoms with Crippen molar-refractivity contribution in [1.82, 2.24) is 4.90 Å². The average Bonchev–Trinajstić information content (AvgIpc) is 2.54. The lowest BCUT2D eigenvalue weighted by atomic mass is 10.2. The number of rotatable bonds is 5. The van der Waals surface area contributed by atoms with Crippen molar-refractivity contribution in [2.45, 2.75) is 26.4 Å². The van der Waals surface area contributed by atoms with Gasteiger partial charge in [0.2, 0.25) is 0 Å². The fraction of sp³-hybridized carbons (Fsp3) is 0.611. The molecule has 1 amide bonds. The van der Waals surface area contributed by atoms with E-state index in [0.29, 0.717) is 26.3 Å². The Hall–Kier alpha value is -1.95. The van der Waals surface area contributed by atoms with E-state index in [0.717, 1.165) is 24.5 Å². The maximum Gasteiger partial charge on any atom is 0.410 e. The monoisotopic (exact) mass is 336 g/mol. The fourth-order valence-electron chi connectivity index (χ4n) is 2.49. The Morgan fingerprint density at radius 2 is 1.83 bits per heavy atom. The lowest BCUT2D eigenvalue weighted by molar-refractivity contribution is 0.0240. The van der Waals surface area contributed by atoms with Gasteiger partial charge in [-0.25, -0.2) is 4.79 Å². The van der Waals surface area contributed by atoms with Crippen molar-refractivity contribution < 1.29 is 19.0 Å². The summed E-state index contributed by atoms with van der Waals surface area (Å²) in [4.78, 5) is 16.1. The molecular formula is C18H28N2O4. The molecule has 1 aromatic carbocycles. The maximum absolute atomic E-state index is 12.1. The summed E-state index contributed by atoms with van der Waals surface area (Å²) < 4.78 is 16.1. The summed E-state index contributed by atoms with van der Waals surface area (Å²) >= 11 is 0. The van der Waals surface area contributed by atoms with Crippen LogP contribution in [-0.4, -0.2) is 63.1 Å². The first-order chi connectivity index (χ1) is 11.4. The average molecular weight is 336 g/mol. The van der Waals surface area contributed by atoms with E-state index in [1.54, 1.807) is 12.0 Å². The first-order valence-corrected chi connectivity index (χ1v) is 8.34. The number of hydrogen-bond donors (Lipinski definition) is 0. The predicted molar refractivity (Wildman–Crippen MR) is 93.8 cm³/mol. The summed E-state index contributed by atoms with van der Waals surface area (Å²) in [6.45, 7) is 9.63. The molecule has 0 spiro atoms. The van der Waals surface area contributed by atoms with Crippen molar-refractivity contribution in [3.8, 4) is 5.75 Å². The van der Waals surface area contributed by atoms with Gasteiger partial charge in [0.15, 0.2) is 0 Å². The second kappa shape index (κ2) is 8.24. The molecule has 6 nitrogen and oxygen atoms in total. The molecule has 6 heteroatoms. The number of anilines is 1. The van der Waals surface area contributed by atoms with Crippen molar-refractivity contribution in [3.05, 3.63) is 24.3 Å². The summed E-state index contributed by atoms with van der Waals surface area (Å²) in [5.41, 5.74) is 0.649. The maximum atomic E-state index is 12.1. The Labute approximate surface area is 144 Å². The molecule has 1 heterocycles. The largest absolute Gasteiger partial charge is 0.491 e. The molecule has 0 atom stereocenters. The third-order valence-corrected chi connectivity index (χ3v) is 3.67. The van der Waals surface area contributed by atoms with Gasteiger partial charge in [-0.05, 0) is 32.9 Å². The molecule has 1 aromatic rings. The Bertz CT molecular complexity index is 534. The Morgan fingerprint density at radius 1 is 1.12 bits per heavy atom. The molecule has 1 saturated heterocycles. The lowest BCUT2D eigenvalue weighted by Gasteiger charge is -2.36. The standard InChI is InChI=1S/C18H28N2O4/c1-18(2,3)24-17(21)20-10-8-19(9-11-20)15-6-5-7-16(14-15)23-13-12-22-4/h5-7,14H,8-13H2,1-4H3. The molecule has 1 aliphatic heterocycles. The summed E-state index contributed by atoms with van der Waals surface area (Å²) in [5, 5.41) is 0. The lowest BCUT2D eigenvalue weighted by Crippen LogP contribution is -2.50. The van der Waals surface area contributed by atoms with Crippen LogP contribution in [0.1, 0.15) is 20.8 Å². The molecule has 0 aromatic heterocycles.